The standard InChI is InChI=1S/C60H96O6/c1-4-7-10-13-16-19-22-25-27-29-31-32-35-38-41-44-47-50-53-59(62)65-56-57(55-64-58(61)52-49-46-43-40-37-34-24-21-18-15-12-9-6-3)66-60(63)54-51-48-45-42-39-36-33-30-28-26-23-20-17-14-11-8-5-2/h9,12,15-22,24-29,31-32,34,37,57H,4-8,10-11,13-14,23,30,33,35-36,38-56H2,1-3H3/b12-9-,18-15-,19-16-,20-17-,24-21-,25-22-,28-26-,29-27-,32-31-,37-34-. The number of hydrogen-bond acceptors (Lipinski definition) is 6. The molecule has 0 spiro atoms. The molecule has 0 fully saturated rings. The molecule has 0 rings (SSSR count). The Hall–Kier alpha value is -4.19. The Morgan fingerprint density at radius 1 is 0.333 bits per heavy atom. The van der Waals surface area contributed by atoms with E-state index in [-0.39, 0.29) is 31.1 Å². The van der Waals surface area contributed by atoms with Crippen molar-refractivity contribution in [2.75, 3.05) is 13.2 Å². The summed E-state index contributed by atoms with van der Waals surface area (Å²) in [6, 6.07) is 0. The van der Waals surface area contributed by atoms with Gasteiger partial charge in [-0.1, -0.05) is 226 Å². The van der Waals surface area contributed by atoms with Gasteiger partial charge in [0.05, 0.1) is 0 Å². The third kappa shape index (κ3) is 50.8. The van der Waals surface area contributed by atoms with E-state index in [1.54, 1.807) is 0 Å². The fourth-order valence-electron chi connectivity index (χ4n) is 6.85. The zero-order valence-electron chi connectivity index (χ0n) is 42.4. The Morgan fingerprint density at radius 2 is 0.652 bits per heavy atom. The second kappa shape index (κ2) is 53.4. The summed E-state index contributed by atoms with van der Waals surface area (Å²) < 4.78 is 16.8. The predicted molar refractivity (Wildman–Crippen MR) is 283 cm³/mol. The van der Waals surface area contributed by atoms with Gasteiger partial charge in [-0.2, -0.15) is 0 Å². The van der Waals surface area contributed by atoms with Gasteiger partial charge in [0.1, 0.15) is 13.2 Å². The fourth-order valence-corrected chi connectivity index (χ4v) is 6.85. The normalized spacial score (nSPS) is 13.1. The highest BCUT2D eigenvalue weighted by atomic mass is 16.6. The molecule has 1 unspecified atom stereocenters. The average molecular weight is 913 g/mol. The minimum absolute atomic E-state index is 0.110. The van der Waals surface area contributed by atoms with Crippen molar-refractivity contribution < 1.29 is 28.6 Å². The molecule has 0 heterocycles. The van der Waals surface area contributed by atoms with E-state index in [1.165, 1.54) is 70.6 Å². The Morgan fingerprint density at radius 3 is 1.06 bits per heavy atom. The average Bonchev–Trinajstić information content (AvgIpc) is 3.31. The molecule has 372 valence electrons. The van der Waals surface area contributed by atoms with Gasteiger partial charge in [0.15, 0.2) is 6.10 Å². The van der Waals surface area contributed by atoms with Gasteiger partial charge in [-0.25, -0.2) is 0 Å². The van der Waals surface area contributed by atoms with Crippen molar-refractivity contribution in [1.29, 1.82) is 0 Å². The Bertz CT molecular complexity index is 1420. The molecule has 0 radical (unpaired) electrons. The number of ether oxygens (including phenoxy) is 3. The summed E-state index contributed by atoms with van der Waals surface area (Å²) in [5, 5.41) is 0. The molecule has 6 nitrogen and oxygen atoms in total. The maximum Gasteiger partial charge on any atom is 0.306 e. The Labute approximate surface area is 405 Å². The minimum Gasteiger partial charge on any atom is -0.462 e. The van der Waals surface area contributed by atoms with Crippen LogP contribution in [0.1, 0.15) is 220 Å². The van der Waals surface area contributed by atoms with Crippen molar-refractivity contribution in [2.24, 2.45) is 0 Å². The number of hydrogen-bond donors (Lipinski definition) is 0. The van der Waals surface area contributed by atoms with Crippen molar-refractivity contribution in [3.05, 3.63) is 122 Å². The van der Waals surface area contributed by atoms with Gasteiger partial charge in [0, 0.05) is 19.3 Å². The number of rotatable bonds is 46. The number of allylic oxidation sites excluding steroid dienone is 20. The van der Waals surface area contributed by atoms with Crippen molar-refractivity contribution in [3.8, 4) is 0 Å². The molecule has 0 aromatic rings. The molecule has 0 bridgehead atoms. The Balaban J connectivity index is 4.52. The molecule has 0 saturated carbocycles. The van der Waals surface area contributed by atoms with Crippen molar-refractivity contribution >= 4 is 17.9 Å². The molecule has 0 aliphatic heterocycles. The van der Waals surface area contributed by atoms with E-state index in [4.69, 9.17) is 14.2 Å². The van der Waals surface area contributed by atoms with Crippen LogP contribution in [-0.4, -0.2) is 37.2 Å². The molecule has 0 aliphatic carbocycles. The van der Waals surface area contributed by atoms with Crippen LogP contribution in [0.25, 0.3) is 0 Å². The summed E-state index contributed by atoms with van der Waals surface area (Å²) in [5.41, 5.74) is 0. The van der Waals surface area contributed by atoms with Crippen LogP contribution >= 0.6 is 0 Å². The zero-order valence-corrected chi connectivity index (χ0v) is 42.4. The first kappa shape index (κ1) is 61.8. The second-order valence-corrected chi connectivity index (χ2v) is 17.2. The lowest BCUT2D eigenvalue weighted by molar-refractivity contribution is -0.167. The number of carbonyl (C=O) groups excluding carboxylic acids is 3. The summed E-state index contributed by atoms with van der Waals surface area (Å²) in [6.07, 6.45) is 73.2. The number of unbranched alkanes of at least 4 members (excludes halogenated alkanes) is 21. The maximum atomic E-state index is 12.8. The van der Waals surface area contributed by atoms with Crippen molar-refractivity contribution in [3.63, 3.8) is 0 Å². The van der Waals surface area contributed by atoms with Gasteiger partial charge in [0.25, 0.3) is 0 Å². The molecular weight excluding hydrogens is 817 g/mol. The lowest BCUT2D eigenvalue weighted by Crippen LogP contribution is -2.30. The summed E-state index contributed by atoms with van der Waals surface area (Å²) in [6.45, 7) is 6.36. The highest BCUT2D eigenvalue weighted by molar-refractivity contribution is 5.71. The minimum atomic E-state index is -0.812. The van der Waals surface area contributed by atoms with Gasteiger partial charge < -0.3 is 14.2 Å². The van der Waals surface area contributed by atoms with Crippen molar-refractivity contribution in [1.82, 2.24) is 0 Å². The zero-order chi connectivity index (χ0) is 47.9. The van der Waals surface area contributed by atoms with Crippen LogP contribution in [0.4, 0.5) is 0 Å². The van der Waals surface area contributed by atoms with Gasteiger partial charge >= 0.3 is 17.9 Å². The van der Waals surface area contributed by atoms with Gasteiger partial charge in [-0.05, 0) is 96.3 Å². The van der Waals surface area contributed by atoms with Crippen molar-refractivity contribution in [2.45, 2.75) is 226 Å². The van der Waals surface area contributed by atoms with Crippen LogP contribution in [0, 0.1) is 0 Å². The highest BCUT2D eigenvalue weighted by Crippen LogP contribution is 2.13. The smallest absolute Gasteiger partial charge is 0.306 e. The maximum absolute atomic E-state index is 12.8. The molecule has 0 aromatic carbocycles. The molecule has 0 N–H and O–H groups in total. The van der Waals surface area contributed by atoms with Crippen LogP contribution in [0.3, 0.4) is 0 Å². The fraction of sp³-hybridized carbons (Fsp3) is 0.617. The monoisotopic (exact) mass is 913 g/mol. The first-order valence-corrected chi connectivity index (χ1v) is 26.6. The topological polar surface area (TPSA) is 78.9 Å². The van der Waals surface area contributed by atoms with E-state index in [0.717, 1.165) is 109 Å². The summed E-state index contributed by atoms with van der Waals surface area (Å²) >= 11 is 0. The van der Waals surface area contributed by atoms with Crippen LogP contribution in [-0.2, 0) is 28.6 Å². The molecule has 6 heteroatoms. The van der Waals surface area contributed by atoms with Crippen LogP contribution in [0.15, 0.2) is 122 Å². The quantitative estimate of drug-likeness (QED) is 0.0199. The molecule has 0 saturated heterocycles. The van der Waals surface area contributed by atoms with E-state index < -0.39 is 6.10 Å². The first-order chi connectivity index (χ1) is 32.5. The van der Waals surface area contributed by atoms with E-state index >= 15 is 0 Å². The van der Waals surface area contributed by atoms with Crippen LogP contribution in [0.5, 0.6) is 0 Å². The molecule has 0 aliphatic rings. The lowest BCUT2D eigenvalue weighted by atomic mass is 10.1. The largest absolute Gasteiger partial charge is 0.462 e. The van der Waals surface area contributed by atoms with E-state index in [2.05, 4.69) is 106 Å². The van der Waals surface area contributed by atoms with E-state index in [9.17, 15) is 14.4 Å². The summed E-state index contributed by atoms with van der Waals surface area (Å²) in [5.74, 6) is -0.984. The molecule has 66 heavy (non-hydrogen) atoms. The first-order valence-electron chi connectivity index (χ1n) is 26.6. The second-order valence-electron chi connectivity index (χ2n) is 17.2. The lowest BCUT2D eigenvalue weighted by Gasteiger charge is -2.18. The Kier molecular flexibility index (Phi) is 50.0. The van der Waals surface area contributed by atoms with Gasteiger partial charge in [0.2, 0.25) is 0 Å². The molecular formula is C60H96O6. The van der Waals surface area contributed by atoms with Gasteiger partial charge in [-0.3, -0.25) is 14.4 Å². The third-order valence-electron chi connectivity index (χ3n) is 10.9. The number of carbonyl (C=O) groups is 3. The predicted octanol–water partition coefficient (Wildman–Crippen LogP) is 17.7. The number of esters is 3. The van der Waals surface area contributed by atoms with Crippen LogP contribution in [0.2, 0.25) is 0 Å². The molecule has 1 atom stereocenters. The SMILES string of the molecule is CC\C=C/C=C\C=C/C=C\CCCCCC(=O)OCC(COC(=O)CCCCCCC\C=C/C=C\C=C/C=C\CCCCC)OC(=O)CCCCCCCCC/C=C\C/C=C\CCCCC. The summed E-state index contributed by atoms with van der Waals surface area (Å²) in [7, 11) is 0. The summed E-state index contributed by atoms with van der Waals surface area (Å²) in [4.78, 5) is 38.0. The molecule has 0 amide bonds. The van der Waals surface area contributed by atoms with E-state index in [0.29, 0.717) is 19.3 Å². The highest BCUT2D eigenvalue weighted by Gasteiger charge is 2.19. The molecule has 0 aromatic heterocycles. The van der Waals surface area contributed by atoms with E-state index in [1.807, 2.05) is 36.5 Å². The van der Waals surface area contributed by atoms with Gasteiger partial charge in [-0.15, -0.1) is 0 Å². The third-order valence-corrected chi connectivity index (χ3v) is 10.9. The van der Waals surface area contributed by atoms with Crippen LogP contribution < -0.4 is 0 Å².